The summed E-state index contributed by atoms with van der Waals surface area (Å²) in [7, 11) is 0. The van der Waals surface area contributed by atoms with E-state index < -0.39 is 23.3 Å². The number of carbonyl (C=O) groups excluding carboxylic acids is 3. The van der Waals surface area contributed by atoms with Crippen molar-refractivity contribution in [2.24, 2.45) is 16.6 Å². The molecule has 1 atom stereocenters. The first-order valence-corrected chi connectivity index (χ1v) is 8.03. The number of carbonyl (C=O) groups is 3. The van der Waals surface area contributed by atoms with E-state index in [4.69, 9.17) is 5.73 Å². The molecule has 3 amide bonds. The highest BCUT2D eigenvalue weighted by atomic mass is 32.2. The van der Waals surface area contributed by atoms with Crippen LogP contribution in [0.4, 0.5) is 0 Å². The van der Waals surface area contributed by atoms with Gasteiger partial charge in [0.05, 0.1) is 12.1 Å². The molecule has 0 aliphatic carbocycles. The van der Waals surface area contributed by atoms with Crippen LogP contribution in [0.25, 0.3) is 0 Å². The quantitative estimate of drug-likeness (QED) is 0.644. The van der Waals surface area contributed by atoms with Crippen molar-refractivity contribution in [3.63, 3.8) is 0 Å². The van der Waals surface area contributed by atoms with E-state index >= 15 is 0 Å². The van der Waals surface area contributed by atoms with Crippen LogP contribution < -0.4 is 16.4 Å². The molecule has 7 nitrogen and oxygen atoms in total. The van der Waals surface area contributed by atoms with Gasteiger partial charge in [-0.2, -0.15) is 0 Å². The van der Waals surface area contributed by atoms with E-state index in [0.717, 1.165) is 0 Å². The molecule has 0 saturated heterocycles. The highest BCUT2D eigenvalue weighted by Gasteiger charge is 2.29. The van der Waals surface area contributed by atoms with Crippen LogP contribution >= 0.6 is 11.8 Å². The normalized spacial score (nSPS) is 16.7. The van der Waals surface area contributed by atoms with E-state index in [9.17, 15) is 14.4 Å². The van der Waals surface area contributed by atoms with Crippen LogP contribution in [0.1, 0.15) is 27.2 Å². The summed E-state index contributed by atoms with van der Waals surface area (Å²) in [6.45, 7) is 5.23. The van der Waals surface area contributed by atoms with Gasteiger partial charge in [-0.1, -0.05) is 13.8 Å². The van der Waals surface area contributed by atoms with E-state index in [0.29, 0.717) is 12.2 Å². The molecule has 4 N–H and O–H groups in total. The molecule has 0 aromatic carbocycles. The second kappa shape index (κ2) is 8.09. The summed E-state index contributed by atoms with van der Waals surface area (Å²) in [5.41, 5.74) is 5.05. The third kappa shape index (κ3) is 5.98. The number of imide groups is 1. The molecular weight excluding hydrogens is 304 g/mol. The Hall–Kier alpha value is -1.67. The standard InChI is InChI=1S/C14H22N4O3S/c1-9(2)6-14(3,15)13(21)17-7-11(19)18-12(20)10-8-22-5-4-16-10/h4,8-9H,5-7,15H2,1-3H3,(H,17,21)(H,18,19,20)/t14-/m0/s1. The average molecular weight is 326 g/mol. The lowest BCUT2D eigenvalue weighted by atomic mass is 9.91. The van der Waals surface area contributed by atoms with Gasteiger partial charge in [0.1, 0.15) is 5.70 Å². The second-order valence-electron chi connectivity index (χ2n) is 5.72. The Bertz CT molecular complexity index is 512. The first-order valence-electron chi connectivity index (χ1n) is 6.98. The SMILES string of the molecule is CC(C)C[C@](C)(N)C(=O)NCC(=O)NC(=O)C1=CSCC=N1. The number of nitrogens with two attached hydrogens (primary N) is 1. The summed E-state index contributed by atoms with van der Waals surface area (Å²) in [6, 6.07) is 0. The molecule has 0 saturated carbocycles. The van der Waals surface area contributed by atoms with E-state index in [1.54, 1.807) is 18.5 Å². The van der Waals surface area contributed by atoms with E-state index in [2.05, 4.69) is 15.6 Å². The molecule has 122 valence electrons. The Kier molecular flexibility index (Phi) is 6.76. The number of hydrogen-bond acceptors (Lipinski definition) is 6. The Morgan fingerprint density at radius 2 is 2.14 bits per heavy atom. The molecule has 0 aromatic rings. The van der Waals surface area contributed by atoms with Gasteiger partial charge in [-0.3, -0.25) is 24.7 Å². The first kappa shape index (κ1) is 18.4. The van der Waals surface area contributed by atoms with E-state index in [-0.39, 0.29) is 18.2 Å². The van der Waals surface area contributed by atoms with Gasteiger partial charge in [0.2, 0.25) is 11.8 Å². The van der Waals surface area contributed by atoms with Crippen molar-refractivity contribution in [1.29, 1.82) is 0 Å². The molecule has 0 fully saturated rings. The minimum atomic E-state index is -1.05. The predicted octanol–water partition coefficient (Wildman–Crippen LogP) is 0.168. The van der Waals surface area contributed by atoms with Crippen molar-refractivity contribution in [2.75, 3.05) is 12.3 Å². The Morgan fingerprint density at radius 1 is 1.45 bits per heavy atom. The van der Waals surface area contributed by atoms with Gasteiger partial charge in [-0.25, -0.2) is 0 Å². The number of hydrogen-bond donors (Lipinski definition) is 3. The Labute approximate surface area is 134 Å². The second-order valence-corrected chi connectivity index (χ2v) is 6.63. The van der Waals surface area contributed by atoms with Crippen molar-refractivity contribution in [3.05, 3.63) is 11.1 Å². The maximum absolute atomic E-state index is 12.0. The highest BCUT2D eigenvalue weighted by molar-refractivity contribution is 8.02. The van der Waals surface area contributed by atoms with E-state index in [1.165, 1.54) is 11.8 Å². The van der Waals surface area contributed by atoms with Crippen molar-refractivity contribution in [2.45, 2.75) is 32.7 Å². The summed E-state index contributed by atoms with van der Waals surface area (Å²) in [5, 5.41) is 6.20. The fourth-order valence-electron chi connectivity index (χ4n) is 1.99. The molecule has 0 spiro atoms. The molecule has 1 heterocycles. The van der Waals surface area contributed by atoms with Crippen LogP contribution in [0.15, 0.2) is 16.1 Å². The lowest BCUT2D eigenvalue weighted by Crippen LogP contribution is -2.54. The van der Waals surface area contributed by atoms with Gasteiger partial charge in [0.25, 0.3) is 5.91 Å². The van der Waals surface area contributed by atoms with Crippen molar-refractivity contribution in [3.8, 4) is 0 Å². The maximum Gasteiger partial charge on any atom is 0.276 e. The number of aliphatic imine (C=N–C) groups is 1. The van der Waals surface area contributed by atoms with Crippen LogP contribution in [-0.2, 0) is 14.4 Å². The summed E-state index contributed by atoms with van der Waals surface area (Å²) in [4.78, 5) is 39.3. The van der Waals surface area contributed by atoms with Crippen molar-refractivity contribution >= 4 is 35.7 Å². The van der Waals surface area contributed by atoms with Crippen LogP contribution in [0.3, 0.4) is 0 Å². The van der Waals surface area contributed by atoms with E-state index in [1.807, 2.05) is 13.8 Å². The molecule has 22 heavy (non-hydrogen) atoms. The first-order chi connectivity index (χ1) is 10.2. The predicted molar refractivity (Wildman–Crippen MR) is 87.2 cm³/mol. The largest absolute Gasteiger partial charge is 0.345 e. The summed E-state index contributed by atoms with van der Waals surface area (Å²) in [6.07, 6.45) is 2.09. The van der Waals surface area contributed by atoms with Gasteiger partial charge in [0.15, 0.2) is 0 Å². The van der Waals surface area contributed by atoms with Crippen LogP contribution in [0.5, 0.6) is 0 Å². The van der Waals surface area contributed by atoms with Crippen LogP contribution in [0, 0.1) is 5.92 Å². The summed E-state index contributed by atoms with van der Waals surface area (Å²) < 4.78 is 0. The molecule has 0 radical (unpaired) electrons. The fourth-order valence-corrected chi connectivity index (χ4v) is 2.57. The lowest BCUT2D eigenvalue weighted by molar-refractivity contribution is -0.132. The average Bonchev–Trinajstić information content (AvgIpc) is 2.44. The van der Waals surface area contributed by atoms with Gasteiger partial charge < -0.3 is 11.1 Å². The third-order valence-electron chi connectivity index (χ3n) is 2.84. The maximum atomic E-state index is 12.0. The Morgan fingerprint density at radius 3 is 2.68 bits per heavy atom. The molecule has 1 aliphatic rings. The molecule has 0 bridgehead atoms. The summed E-state index contributed by atoms with van der Waals surface area (Å²) in [5.74, 6) is -0.657. The third-order valence-corrected chi connectivity index (χ3v) is 3.57. The minimum Gasteiger partial charge on any atom is -0.345 e. The Balaban J connectivity index is 2.42. The monoisotopic (exact) mass is 326 g/mol. The fraction of sp³-hybridized carbons (Fsp3) is 0.571. The smallest absolute Gasteiger partial charge is 0.276 e. The highest BCUT2D eigenvalue weighted by Crippen LogP contribution is 2.13. The topological polar surface area (TPSA) is 114 Å². The van der Waals surface area contributed by atoms with Crippen molar-refractivity contribution in [1.82, 2.24) is 10.6 Å². The van der Waals surface area contributed by atoms with Gasteiger partial charge in [-0.05, 0) is 19.3 Å². The van der Waals surface area contributed by atoms with Gasteiger partial charge in [0, 0.05) is 17.4 Å². The molecule has 0 unspecified atom stereocenters. The molecular formula is C14H22N4O3S. The van der Waals surface area contributed by atoms with Gasteiger partial charge >= 0.3 is 0 Å². The molecule has 1 rings (SSSR count). The van der Waals surface area contributed by atoms with Crippen molar-refractivity contribution < 1.29 is 14.4 Å². The van der Waals surface area contributed by atoms with Gasteiger partial charge in [-0.15, -0.1) is 11.8 Å². The minimum absolute atomic E-state index is 0.180. The molecule has 0 aromatic heterocycles. The lowest BCUT2D eigenvalue weighted by Gasteiger charge is -2.25. The number of nitrogens with zero attached hydrogens (tertiary/aromatic N) is 1. The summed E-state index contributed by atoms with van der Waals surface area (Å²) >= 11 is 1.42. The number of amides is 3. The number of rotatable bonds is 6. The zero-order chi connectivity index (χ0) is 16.8. The number of thioether (sulfide) groups is 1. The zero-order valence-electron chi connectivity index (χ0n) is 13.0. The molecule has 1 aliphatic heterocycles. The zero-order valence-corrected chi connectivity index (χ0v) is 13.8. The van der Waals surface area contributed by atoms with Crippen LogP contribution in [0.2, 0.25) is 0 Å². The molecule has 8 heteroatoms. The van der Waals surface area contributed by atoms with Crippen LogP contribution in [-0.4, -0.2) is 41.8 Å². The number of nitrogens with one attached hydrogen (secondary N) is 2.